The zero-order valence-corrected chi connectivity index (χ0v) is 26.0. The first kappa shape index (κ1) is 26.3. The number of para-hydroxylation sites is 3. The highest BCUT2D eigenvalue weighted by Crippen LogP contribution is 2.50. The molecule has 0 amide bonds. The number of nitrogens with zero attached hydrogens (tertiary/aromatic N) is 3. The molecule has 0 radical (unpaired) electrons. The molecule has 5 nitrogen and oxygen atoms in total. The van der Waals surface area contributed by atoms with Crippen molar-refractivity contribution < 1.29 is 4.42 Å². The summed E-state index contributed by atoms with van der Waals surface area (Å²) in [6.07, 6.45) is -0.344. The Morgan fingerprint density at radius 2 is 1.34 bits per heavy atom. The molecule has 0 spiro atoms. The minimum absolute atomic E-state index is 0.0927. The molecule has 6 aromatic carbocycles. The van der Waals surface area contributed by atoms with E-state index in [-0.39, 0.29) is 11.6 Å². The number of aliphatic imine (C=N–C) groups is 2. The predicted octanol–water partition coefficient (Wildman–Crippen LogP) is 9.95. The van der Waals surface area contributed by atoms with Gasteiger partial charge in [0.05, 0.1) is 16.6 Å². The molecule has 1 atom stereocenters. The first-order valence-corrected chi connectivity index (χ1v) is 16.1. The van der Waals surface area contributed by atoms with Gasteiger partial charge in [-0.3, -0.25) is 4.57 Å². The summed E-state index contributed by atoms with van der Waals surface area (Å²) in [5, 5.41) is 8.21. The summed E-state index contributed by atoms with van der Waals surface area (Å²) in [6.45, 7) is 4.67. The average molecular weight is 607 g/mol. The van der Waals surface area contributed by atoms with E-state index in [1.807, 2.05) is 18.2 Å². The first-order chi connectivity index (χ1) is 23.1. The number of nitrogens with one attached hydrogen (secondary N) is 1. The van der Waals surface area contributed by atoms with Gasteiger partial charge in [0, 0.05) is 27.0 Å². The number of aromatic nitrogens is 1. The van der Waals surface area contributed by atoms with E-state index in [0.717, 1.165) is 49.9 Å². The summed E-state index contributed by atoms with van der Waals surface area (Å²) in [6, 6.07) is 47.0. The van der Waals surface area contributed by atoms with Crippen LogP contribution in [0.1, 0.15) is 42.3 Å². The van der Waals surface area contributed by atoms with E-state index < -0.39 is 0 Å². The van der Waals surface area contributed by atoms with Gasteiger partial charge in [0.2, 0.25) is 5.96 Å². The lowest BCUT2D eigenvalue weighted by atomic mass is 9.82. The van der Waals surface area contributed by atoms with Crippen LogP contribution in [0.5, 0.6) is 0 Å². The highest BCUT2D eigenvalue weighted by Gasteiger charge is 2.36. The van der Waals surface area contributed by atoms with Crippen molar-refractivity contribution in [2.24, 2.45) is 9.98 Å². The van der Waals surface area contributed by atoms with Gasteiger partial charge in [0.1, 0.15) is 23.2 Å². The van der Waals surface area contributed by atoms with Gasteiger partial charge in [0.15, 0.2) is 0 Å². The zero-order valence-electron chi connectivity index (χ0n) is 26.0. The number of benzene rings is 6. The molecule has 2 aliphatic rings. The molecule has 0 saturated carbocycles. The van der Waals surface area contributed by atoms with Gasteiger partial charge < -0.3 is 9.73 Å². The van der Waals surface area contributed by atoms with E-state index in [9.17, 15) is 0 Å². The van der Waals surface area contributed by atoms with Crippen molar-refractivity contribution in [2.75, 3.05) is 0 Å². The van der Waals surface area contributed by atoms with Crippen molar-refractivity contribution in [1.29, 1.82) is 0 Å². The summed E-state index contributed by atoms with van der Waals surface area (Å²) in [5.74, 6) is 1.37. The Hall–Kier alpha value is -5.94. The quantitative estimate of drug-likeness (QED) is 0.213. The second-order valence-corrected chi connectivity index (χ2v) is 13.1. The van der Waals surface area contributed by atoms with Crippen molar-refractivity contribution in [3.05, 3.63) is 156 Å². The third kappa shape index (κ3) is 3.71. The number of hydrogen-bond acceptors (Lipinski definition) is 4. The average Bonchev–Trinajstić information content (AvgIpc) is 3.73. The molecule has 0 fully saturated rings. The molecule has 8 aromatic rings. The first-order valence-electron chi connectivity index (χ1n) is 16.1. The second-order valence-electron chi connectivity index (χ2n) is 13.1. The van der Waals surface area contributed by atoms with Crippen LogP contribution in [0.3, 0.4) is 0 Å². The van der Waals surface area contributed by atoms with Crippen LogP contribution in [-0.4, -0.2) is 16.4 Å². The molecule has 47 heavy (non-hydrogen) atoms. The molecule has 0 bridgehead atoms. The van der Waals surface area contributed by atoms with Crippen LogP contribution in [0.25, 0.3) is 54.9 Å². The molecule has 5 heteroatoms. The number of fused-ring (bicyclic) bond motifs is 9. The summed E-state index contributed by atoms with van der Waals surface area (Å²) in [5.41, 5.74) is 11.0. The highest BCUT2D eigenvalue weighted by atomic mass is 16.3. The summed E-state index contributed by atoms with van der Waals surface area (Å²) in [7, 11) is 0. The van der Waals surface area contributed by atoms with E-state index in [0.29, 0.717) is 5.96 Å². The van der Waals surface area contributed by atoms with E-state index in [1.54, 1.807) is 0 Å². The van der Waals surface area contributed by atoms with Crippen molar-refractivity contribution in [3.63, 3.8) is 0 Å². The largest absolute Gasteiger partial charge is 0.455 e. The van der Waals surface area contributed by atoms with Gasteiger partial charge in [-0.25, -0.2) is 4.99 Å². The fourth-order valence-electron chi connectivity index (χ4n) is 7.79. The number of hydrogen-bond donors (Lipinski definition) is 1. The molecule has 2 aromatic heterocycles. The molecular formula is C42H30N4O. The fraction of sp³-hybridized carbons (Fsp3) is 0.0952. The standard InChI is InChI=1S/C42H30N4O/c1-42(2)33-20-9-6-15-26(33)31-24-36-32(23-34(31)42)27-16-7-10-21-35(27)46(36)41-44-39(25-13-4-3-5-14-25)43-40(45-41)30-19-12-18-29-28-17-8-11-22-37(28)47-38(29)30/h3-24,39H,1-2H3,(H,43,44,45). The zero-order chi connectivity index (χ0) is 31.3. The minimum Gasteiger partial charge on any atom is -0.455 e. The van der Waals surface area contributed by atoms with E-state index >= 15 is 0 Å². The third-order valence-corrected chi connectivity index (χ3v) is 10.1. The third-order valence-electron chi connectivity index (χ3n) is 10.1. The van der Waals surface area contributed by atoms with Gasteiger partial charge >= 0.3 is 0 Å². The minimum atomic E-state index is -0.344. The summed E-state index contributed by atoms with van der Waals surface area (Å²) >= 11 is 0. The summed E-state index contributed by atoms with van der Waals surface area (Å²) < 4.78 is 8.72. The van der Waals surface area contributed by atoms with Crippen LogP contribution in [-0.2, 0) is 5.41 Å². The molecule has 3 heterocycles. The van der Waals surface area contributed by atoms with Crippen molar-refractivity contribution >= 4 is 55.5 Å². The van der Waals surface area contributed by atoms with E-state index in [2.05, 4.69) is 139 Å². The monoisotopic (exact) mass is 606 g/mol. The molecule has 10 rings (SSSR count). The molecular weight excluding hydrogens is 576 g/mol. The van der Waals surface area contributed by atoms with Gasteiger partial charge in [-0.05, 0) is 58.1 Å². The van der Waals surface area contributed by atoms with Crippen LogP contribution in [0.15, 0.2) is 148 Å². The predicted molar refractivity (Wildman–Crippen MR) is 192 cm³/mol. The van der Waals surface area contributed by atoms with Gasteiger partial charge in [-0.1, -0.05) is 117 Å². The molecule has 1 unspecified atom stereocenters. The Kier molecular flexibility index (Phi) is 5.33. The highest BCUT2D eigenvalue weighted by molar-refractivity contribution is 6.21. The lowest BCUT2D eigenvalue weighted by molar-refractivity contribution is 0.657. The summed E-state index contributed by atoms with van der Waals surface area (Å²) in [4.78, 5) is 10.6. The Bertz CT molecular complexity index is 2640. The number of furan rings is 1. The van der Waals surface area contributed by atoms with Gasteiger partial charge in [0.25, 0.3) is 0 Å². The van der Waals surface area contributed by atoms with E-state index in [1.165, 1.54) is 33.0 Å². The maximum atomic E-state index is 6.48. The van der Waals surface area contributed by atoms with Gasteiger partial charge in [-0.15, -0.1) is 0 Å². The number of amidine groups is 1. The Morgan fingerprint density at radius 1 is 0.617 bits per heavy atom. The SMILES string of the molecule is CC1(C)c2ccccc2-c2cc3c(cc21)c1ccccc1n3C1=NC(c2ccccc2)NC(c2cccc3c2oc2ccccc23)=N1. The maximum Gasteiger partial charge on any atom is 0.234 e. The van der Waals surface area contributed by atoms with Crippen LogP contribution in [0.4, 0.5) is 0 Å². The van der Waals surface area contributed by atoms with Crippen LogP contribution >= 0.6 is 0 Å². The van der Waals surface area contributed by atoms with Gasteiger partial charge in [-0.2, -0.15) is 4.99 Å². The van der Waals surface area contributed by atoms with Crippen LogP contribution < -0.4 is 5.32 Å². The maximum absolute atomic E-state index is 6.48. The molecule has 0 saturated heterocycles. The molecule has 1 N–H and O–H groups in total. The number of rotatable bonds is 2. The van der Waals surface area contributed by atoms with Crippen molar-refractivity contribution in [2.45, 2.75) is 25.4 Å². The van der Waals surface area contributed by atoms with Crippen molar-refractivity contribution in [3.8, 4) is 11.1 Å². The van der Waals surface area contributed by atoms with Crippen LogP contribution in [0, 0.1) is 0 Å². The van der Waals surface area contributed by atoms with E-state index in [4.69, 9.17) is 14.4 Å². The lowest BCUT2D eigenvalue weighted by Gasteiger charge is -2.24. The van der Waals surface area contributed by atoms with Crippen LogP contribution in [0.2, 0.25) is 0 Å². The normalized spacial score (nSPS) is 16.7. The molecule has 1 aliphatic carbocycles. The Morgan fingerprint density at radius 3 is 2.23 bits per heavy atom. The van der Waals surface area contributed by atoms with Crippen molar-refractivity contribution in [1.82, 2.24) is 9.88 Å². The Labute approximate surface area is 271 Å². The second kappa shape index (κ2) is 9.54. The molecule has 1 aliphatic heterocycles. The lowest BCUT2D eigenvalue weighted by Crippen LogP contribution is -2.35. The molecule has 224 valence electrons. The Balaban J connectivity index is 1.26. The smallest absolute Gasteiger partial charge is 0.234 e. The topological polar surface area (TPSA) is 54.8 Å². The fourth-order valence-corrected chi connectivity index (χ4v) is 7.79.